The minimum absolute atomic E-state index is 0.0525. The molecule has 0 saturated heterocycles. The third kappa shape index (κ3) is 5.37. The molecule has 10 heteroatoms. The Morgan fingerprint density at radius 3 is 1.91 bits per heavy atom. The first-order valence-corrected chi connectivity index (χ1v) is 9.84. The van der Waals surface area contributed by atoms with Gasteiger partial charge in [0.1, 0.15) is 17.7 Å². The van der Waals surface area contributed by atoms with Gasteiger partial charge in [0.25, 0.3) is 17.4 Å². The molecule has 5 N–H and O–H groups in total. The monoisotopic (exact) mass is 451 g/mol. The SMILES string of the molecule is O=C(O)CNC(=O)c1c(O)c(C(=O)NCc2ccccc2)c(O)n(Cc2ccccc2)c1=O. The maximum absolute atomic E-state index is 13.0. The molecule has 2 amide bonds. The van der Waals surface area contributed by atoms with E-state index in [1.54, 1.807) is 60.7 Å². The Kier molecular flexibility index (Phi) is 7.09. The van der Waals surface area contributed by atoms with E-state index in [1.165, 1.54) is 0 Å². The van der Waals surface area contributed by atoms with Crippen molar-refractivity contribution in [1.29, 1.82) is 0 Å². The number of benzene rings is 2. The van der Waals surface area contributed by atoms with E-state index in [0.29, 0.717) is 5.56 Å². The van der Waals surface area contributed by atoms with Gasteiger partial charge < -0.3 is 26.0 Å². The lowest BCUT2D eigenvalue weighted by molar-refractivity contribution is -0.135. The zero-order chi connectivity index (χ0) is 24.0. The Morgan fingerprint density at radius 1 is 0.788 bits per heavy atom. The van der Waals surface area contributed by atoms with E-state index < -0.39 is 52.6 Å². The molecule has 0 unspecified atom stereocenters. The number of carboxylic acids is 1. The van der Waals surface area contributed by atoms with Gasteiger partial charge >= 0.3 is 5.97 Å². The van der Waals surface area contributed by atoms with E-state index >= 15 is 0 Å². The van der Waals surface area contributed by atoms with Crippen molar-refractivity contribution in [2.45, 2.75) is 13.1 Å². The molecule has 0 aliphatic heterocycles. The first kappa shape index (κ1) is 23.1. The Morgan fingerprint density at radius 2 is 1.33 bits per heavy atom. The minimum Gasteiger partial charge on any atom is -0.506 e. The lowest BCUT2D eigenvalue weighted by atomic mass is 10.1. The summed E-state index contributed by atoms with van der Waals surface area (Å²) < 4.78 is 0.766. The van der Waals surface area contributed by atoms with Crippen LogP contribution in [0.25, 0.3) is 0 Å². The van der Waals surface area contributed by atoms with Crippen LogP contribution in [-0.2, 0) is 17.9 Å². The summed E-state index contributed by atoms with van der Waals surface area (Å²) in [4.78, 5) is 49.1. The van der Waals surface area contributed by atoms with Crippen LogP contribution in [-0.4, -0.2) is 44.2 Å². The van der Waals surface area contributed by atoms with Crippen LogP contribution in [0.4, 0.5) is 0 Å². The molecular weight excluding hydrogens is 430 g/mol. The van der Waals surface area contributed by atoms with Crippen LogP contribution >= 0.6 is 0 Å². The number of hydrogen-bond acceptors (Lipinski definition) is 6. The van der Waals surface area contributed by atoms with E-state index in [4.69, 9.17) is 5.11 Å². The lowest BCUT2D eigenvalue weighted by Gasteiger charge is -2.17. The maximum Gasteiger partial charge on any atom is 0.322 e. The van der Waals surface area contributed by atoms with Gasteiger partial charge in [-0.1, -0.05) is 60.7 Å². The number of amides is 2. The molecule has 0 spiro atoms. The van der Waals surface area contributed by atoms with Gasteiger partial charge in [-0.05, 0) is 11.1 Å². The normalized spacial score (nSPS) is 10.4. The zero-order valence-electron chi connectivity index (χ0n) is 17.3. The topological polar surface area (TPSA) is 158 Å². The number of carboxylic acid groups (broad SMARTS) is 1. The van der Waals surface area contributed by atoms with Crippen molar-refractivity contribution >= 4 is 17.8 Å². The van der Waals surface area contributed by atoms with E-state index in [2.05, 4.69) is 5.32 Å². The van der Waals surface area contributed by atoms with Gasteiger partial charge in [0, 0.05) is 6.54 Å². The number of carbonyl (C=O) groups excluding carboxylic acids is 2. The highest BCUT2D eigenvalue weighted by atomic mass is 16.4. The second-order valence-electron chi connectivity index (χ2n) is 7.04. The number of nitrogens with one attached hydrogen (secondary N) is 2. The van der Waals surface area contributed by atoms with Crippen molar-refractivity contribution in [3.8, 4) is 11.6 Å². The van der Waals surface area contributed by atoms with Crippen LogP contribution in [0.2, 0.25) is 0 Å². The highest BCUT2D eigenvalue weighted by Gasteiger charge is 2.29. The molecular formula is C23H21N3O7. The molecule has 0 aliphatic rings. The smallest absolute Gasteiger partial charge is 0.322 e. The van der Waals surface area contributed by atoms with Crippen LogP contribution in [0, 0.1) is 0 Å². The van der Waals surface area contributed by atoms with E-state index in [0.717, 1.165) is 10.1 Å². The molecule has 2 aromatic carbocycles. The molecule has 170 valence electrons. The quantitative estimate of drug-likeness (QED) is 0.342. The summed E-state index contributed by atoms with van der Waals surface area (Å²) in [5, 5.41) is 34.6. The average molecular weight is 451 g/mol. The Balaban J connectivity index is 2.06. The summed E-state index contributed by atoms with van der Waals surface area (Å²) in [5.74, 6) is -5.37. The first-order valence-electron chi connectivity index (χ1n) is 9.84. The molecule has 1 aromatic heterocycles. The fourth-order valence-electron chi connectivity index (χ4n) is 3.14. The minimum atomic E-state index is -1.37. The second-order valence-corrected chi connectivity index (χ2v) is 7.04. The Bertz CT molecular complexity index is 1240. The summed E-state index contributed by atoms with van der Waals surface area (Å²) in [6.45, 7) is -0.965. The highest BCUT2D eigenvalue weighted by molar-refractivity contribution is 6.05. The fourth-order valence-corrected chi connectivity index (χ4v) is 3.14. The third-order valence-electron chi connectivity index (χ3n) is 4.75. The standard InChI is InChI=1S/C23H21N3O7/c27-16(28)12-25-21(31)18-19(29)17(20(30)24-11-14-7-3-1-4-8-14)22(32)26(23(18)33)13-15-9-5-2-6-10-15/h1-10,29,32H,11-13H2,(H,24,30)(H,25,31)(H,27,28). The van der Waals surface area contributed by atoms with Gasteiger partial charge in [-0.2, -0.15) is 0 Å². The van der Waals surface area contributed by atoms with Crippen molar-refractivity contribution in [1.82, 2.24) is 15.2 Å². The highest BCUT2D eigenvalue weighted by Crippen LogP contribution is 2.29. The molecule has 3 aromatic rings. The molecule has 0 radical (unpaired) electrons. The van der Waals surface area contributed by atoms with Crippen molar-refractivity contribution in [2.75, 3.05) is 6.54 Å². The van der Waals surface area contributed by atoms with Crippen molar-refractivity contribution in [3.63, 3.8) is 0 Å². The van der Waals surface area contributed by atoms with Gasteiger partial charge in [0.2, 0.25) is 5.88 Å². The molecule has 0 fully saturated rings. The van der Waals surface area contributed by atoms with E-state index in [-0.39, 0.29) is 13.1 Å². The lowest BCUT2D eigenvalue weighted by Crippen LogP contribution is -2.37. The van der Waals surface area contributed by atoms with E-state index in [1.807, 2.05) is 5.32 Å². The van der Waals surface area contributed by atoms with Crippen molar-refractivity contribution < 1.29 is 29.7 Å². The number of pyridine rings is 1. The van der Waals surface area contributed by atoms with Gasteiger partial charge in [0.15, 0.2) is 5.75 Å². The van der Waals surface area contributed by atoms with Gasteiger partial charge in [-0.25, -0.2) is 0 Å². The Hall–Kier alpha value is -4.60. The van der Waals surface area contributed by atoms with Gasteiger partial charge in [-0.3, -0.25) is 23.7 Å². The number of rotatable bonds is 8. The van der Waals surface area contributed by atoms with Crippen LogP contribution in [0.15, 0.2) is 65.5 Å². The molecule has 0 bridgehead atoms. The number of nitrogens with zero attached hydrogens (tertiary/aromatic N) is 1. The molecule has 0 saturated carbocycles. The molecule has 0 aliphatic carbocycles. The average Bonchev–Trinajstić information content (AvgIpc) is 2.80. The van der Waals surface area contributed by atoms with Gasteiger partial charge in [-0.15, -0.1) is 0 Å². The molecule has 0 atom stereocenters. The van der Waals surface area contributed by atoms with Crippen LogP contribution in [0.5, 0.6) is 11.6 Å². The predicted octanol–water partition coefficient (Wildman–Crippen LogP) is 1.05. The van der Waals surface area contributed by atoms with Crippen molar-refractivity contribution in [3.05, 3.63) is 93.3 Å². The van der Waals surface area contributed by atoms with Gasteiger partial charge in [0.05, 0.1) is 6.54 Å². The second kappa shape index (κ2) is 10.1. The number of aromatic hydroxyl groups is 2. The van der Waals surface area contributed by atoms with Crippen LogP contribution in [0.1, 0.15) is 31.8 Å². The fraction of sp³-hybridized carbons (Fsp3) is 0.130. The summed E-state index contributed by atoms with van der Waals surface area (Å²) in [6, 6.07) is 17.3. The summed E-state index contributed by atoms with van der Waals surface area (Å²) in [7, 11) is 0. The summed E-state index contributed by atoms with van der Waals surface area (Å²) in [6.07, 6.45) is 0. The molecule has 10 nitrogen and oxygen atoms in total. The first-order chi connectivity index (χ1) is 15.8. The number of carbonyl (C=O) groups is 3. The Labute approximate surface area is 187 Å². The van der Waals surface area contributed by atoms with Crippen molar-refractivity contribution in [2.24, 2.45) is 0 Å². The molecule has 1 heterocycles. The maximum atomic E-state index is 13.0. The number of aliphatic carboxylic acids is 1. The summed E-state index contributed by atoms with van der Waals surface area (Å²) in [5.41, 5.74) is -1.30. The molecule has 33 heavy (non-hydrogen) atoms. The molecule has 3 rings (SSSR count). The van der Waals surface area contributed by atoms with E-state index in [9.17, 15) is 29.4 Å². The largest absolute Gasteiger partial charge is 0.506 e. The zero-order valence-corrected chi connectivity index (χ0v) is 17.3. The van der Waals surface area contributed by atoms with Crippen LogP contribution < -0.4 is 16.2 Å². The third-order valence-corrected chi connectivity index (χ3v) is 4.75. The number of hydrogen-bond donors (Lipinski definition) is 5. The summed E-state index contributed by atoms with van der Waals surface area (Å²) >= 11 is 0. The number of aromatic nitrogens is 1. The van der Waals surface area contributed by atoms with Crippen LogP contribution in [0.3, 0.4) is 0 Å². The predicted molar refractivity (Wildman–Crippen MR) is 117 cm³/mol.